The third-order valence-electron chi connectivity index (χ3n) is 2.91. The zero-order chi connectivity index (χ0) is 16.3. The van der Waals surface area contributed by atoms with E-state index in [-0.39, 0.29) is 23.0 Å². The molecule has 6 nitrogen and oxygen atoms in total. The molecule has 2 amide bonds. The van der Waals surface area contributed by atoms with Crippen LogP contribution in [-0.2, 0) is 0 Å². The van der Waals surface area contributed by atoms with Crippen molar-refractivity contribution >= 4 is 29.0 Å². The third-order valence-corrected chi connectivity index (χ3v) is 3.41. The first-order valence-electron chi connectivity index (χ1n) is 6.78. The lowest BCUT2D eigenvalue weighted by atomic mass is 10.0. The van der Waals surface area contributed by atoms with Crippen LogP contribution in [0.1, 0.15) is 47.2 Å². The summed E-state index contributed by atoms with van der Waals surface area (Å²) in [5.74, 6) is -0.512. The molecule has 0 aliphatic rings. The van der Waals surface area contributed by atoms with E-state index in [0.29, 0.717) is 16.8 Å². The van der Waals surface area contributed by atoms with Gasteiger partial charge in [-0.1, -0.05) is 10.6 Å². The minimum absolute atomic E-state index is 0.170. The summed E-state index contributed by atoms with van der Waals surface area (Å²) in [7, 11) is 0. The van der Waals surface area contributed by atoms with Crippen molar-refractivity contribution in [3.05, 3.63) is 40.4 Å². The topological polar surface area (TPSA) is 84.0 Å². The molecule has 0 aliphatic heterocycles. The second-order valence-electron chi connectivity index (χ2n) is 5.93. The van der Waals surface area contributed by atoms with E-state index < -0.39 is 0 Å². The normalized spacial score (nSPS) is 11.1. The Morgan fingerprint density at radius 3 is 2.50 bits per heavy atom. The van der Waals surface area contributed by atoms with E-state index in [9.17, 15) is 9.59 Å². The van der Waals surface area contributed by atoms with Gasteiger partial charge < -0.3 is 10.6 Å². The van der Waals surface area contributed by atoms with Crippen molar-refractivity contribution in [2.24, 2.45) is 0 Å². The van der Waals surface area contributed by atoms with Crippen molar-refractivity contribution < 1.29 is 9.59 Å². The molecule has 2 aromatic rings. The Balaban J connectivity index is 2.22. The lowest BCUT2D eigenvalue weighted by Crippen LogP contribution is -2.40. The van der Waals surface area contributed by atoms with E-state index in [2.05, 4.69) is 20.2 Å². The van der Waals surface area contributed by atoms with E-state index in [1.165, 1.54) is 0 Å². The molecule has 7 heteroatoms. The summed E-state index contributed by atoms with van der Waals surface area (Å²) in [5, 5.41) is 11.0. The first-order valence-corrected chi connectivity index (χ1v) is 7.62. The average Bonchev–Trinajstić information content (AvgIpc) is 2.93. The molecule has 116 valence electrons. The zero-order valence-corrected chi connectivity index (χ0v) is 13.7. The Hall–Kier alpha value is -2.28. The molecule has 1 aromatic carbocycles. The van der Waals surface area contributed by atoms with E-state index in [1.54, 1.807) is 30.5 Å². The minimum atomic E-state index is -0.342. The number of nitrogens with one attached hydrogen (secondary N) is 2. The molecule has 0 bridgehead atoms. The summed E-state index contributed by atoms with van der Waals surface area (Å²) in [4.78, 5) is 24.3. The van der Waals surface area contributed by atoms with Gasteiger partial charge in [-0.3, -0.25) is 9.59 Å². The Bertz CT molecular complexity index is 690. The molecule has 0 saturated heterocycles. The van der Waals surface area contributed by atoms with Gasteiger partial charge in [-0.25, -0.2) is 0 Å². The Labute approximate surface area is 133 Å². The van der Waals surface area contributed by atoms with Gasteiger partial charge in [0.2, 0.25) is 0 Å². The fourth-order valence-corrected chi connectivity index (χ4v) is 2.31. The van der Waals surface area contributed by atoms with Crippen molar-refractivity contribution in [1.29, 1.82) is 0 Å². The molecule has 2 N–H and O–H groups in total. The summed E-state index contributed by atoms with van der Waals surface area (Å²) in [6, 6.07) is 5.22. The Morgan fingerprint density at radius 2 is 1.91 bits per heavy atom. The van der Waals surface area contributed by atoms with E-state index in [1.807, 2.05) is 20.8 Å². The number of aromatic nitrogens is 2. The van der Waals surface area contributed by atoms with Crippen LogP contribution in [0.2, 0.25) is 0 Å². The fourth-order valence-electron chi connectivity index (χ4n) is 1.87. The second-order valence-corrected chi connectivity index (χ2v) is 6.54. The first kappa shape index (κ1) is 16.1. The van der Waals surface area contributed by atoms with Gasteiger partial charge in [0.1, 0.15) is 0 Å². The maximum Gasteiger partial charge on any atom is 0.277 e. The fraction of sp³-hybridized carbons (Fsp3) is 0.333. The van der Waals surface area contributed by atoms with Gasteiger partial charge in [0.05, 0.1) is 0 Å². The average molecular weight is 318 g/mol. The second kappa shape index (κ2) is 6.23. The van der Waals surface area contributed by atoms with Gasteiger partial charge in [0.25, 0.3) is 11.8 Å². The SMILES string of the molecule is Cc1c(NC(=O)c2csnn2)cccc1C(=O)NC(C)(C)C. The minimum Gasteiger partial charge on any atom is -0.347 e. The van der Waals surface area contributed by atoms with Gasteiger partial charge in [-0.2, -0.15) is 0 Å². The number of carbonyl (C=O) groups excluding carboxylic acids is 2. The maximum atomic E-state index is 12.3. The van der Waals surface area contributed by atoms with Crippen LogP contribution in [0.25, 0.3) is 0 Å². The summed E-state index contributed by atoms with van der Waals surface area (Å²) < 4.78 is 3.66. The largest absolute Gasteiger partial charge is 0.347 e. The highest BCUT2D eigenvalue weighted by molar-refractivity contribution is 7.03. The van der Waals surface area contributed by atoms with Gasteiger partial charge in [-0.05, 0) is 56.9 Å². The highest BCUT2D eigenvalue weighted by atomic mass is 32.1. The summed E-state index contributed by atoms with van der Waals surface area (Å²) in [6.07, 6.45) is 0. The van der Waals surface area contributed by atoms with Crippen molar-refractivity contribution in [2.75, 3.05) is 5.32 Å². The molecule has 0 fully saturated rings. The van der Waals surface area contributed by atoms with Crippen LogP contribution in [0, 0.1) is 6.92 Å². The number of benzene rings is 1. The highest BCUT2D eigenvalue weighted by Crippen LogP contribution is 2.20. The summed E-state index contributed by atoms with van der Waals surface area (Å²) >= 11 is 1.11. The number of rotatable bonds is 3. The third kappa shape index (κ3) is 3.88. The van der Waals surface area contributed by atoms with Crippen LogP contribution in [-0.4, -0.2) is 26.9 Å². The van der Waals surface area contributed by atoms with Crippen molar-refractivity contribution in [1.82, 2.24) is 14.9 Å². The quantitative estimate of drug-likeness (QED) is 0.911. The number of amides is 2. The molecule has 0 atom stereocenters. The van der Waals surface area contributed by atoms with Crippen LogP contribution in [0.4, 0.5) is 5.69 Å². The molecule has 0 radical (unpaired) electrons. The molecule has 0 spiro atoms. The monoisotopic (exact) mass is 318 g/mol. The number of nitrogens with zero attached hydrogens (tertiary/aromatic N) is 2. The number of anilines is 1. The predicted molar refractivity (Wildman–Crippen MR) is 86.3 cm³/mol. The predicted octanol–water partition coefficient (Wildman–Crippen LogP) is 2.63. The van der Waals surface area contributed by atoms with Crippen LogP contribution >= 0.6 is 11.5 Å². The van der Waals surface area contributed by atoms with Crippen LogP contribution in [0.3, 0.4) is 0 Å². The van der Waals surface area contributed by atoms with Crippen LogP contribution < -0.4 is 10.6 Å². The summed E-state index contributed by atoms with van der Waals surface area (Å²) in [5.41, 5.74) is 1.76. The maximum absolute atomic E-state index is 12.3. The van der Waals surface area contributed by atoms with E-state index >= 15 is 0 Å². The number of carbonyl (C=O) groups is 2. The smallest absolute Gasteiger partial charge is 0.277 e. The van der Waals surface area contributed by atoms with Gasteiger partial charge >= 0.3 is 0 Å². The molecule has 0 aliphatic carbocycles. The molecule has 1 aromatic heterocycles. The Morgan fingerprint density at radius 1 is 1.18 bits per heavy atom. The van der Waals surface area contributed by atoms with Crippen molar-refractivity contribution in [3.8, 4) is 0 Å². The van der Waals surface area contributed by atoms with E-state index in [4.69, 9.17) is 0 Å². The molecule has 22 heavy (non-hydrogen) atoms. The molecule has 0 saturated carbocycles. The Kier molecular flexibility index (Phi) is 4.56. The van der Waals surface area contributed by atoms with E-state index in [0.717, 1.165) is 11.5 Å². The molecular formula is C15H18N4O2S. The molecule has 0 unspecified atom stereocenters. The zero-order valence-electron chi connectivity index (χ0n) is 12.9. The van der Waals surface area contributed by atoms with Crippen molar-refractivity contribution in [2.45, 2.75) is 33.2 Å². The lowest BCUT2D eigenvalue weighted by Gasteiger charge is -2.21. The van der Waals surface area contributed by atoms with Crippen molar-refractivity contribution in [3.63, 3.8) is 0 Å². The van der Waals surface area contributed by atoms with Crippen LogP contribution in [0.5, 0.6) is 0 Å². The highest BCUT2D eigenvalue weighted by Gasteiger charge is 2.19. The van der Waals surface area contributed by atoms with Gasteiger partial charge in [0, 0.05) is 22.2 Å². The van der Waals surface area contributed by atoms with Gasteiger partial charge in [0.15, 0.2) is 5.69 Å². The number of hydrogen-bond donors (Lipinski definition) is 2. The lowest BCUT2D eigenvalue weighted by molar-refractivity contribution is 0.0917. The standard InChI is InChI=1S/C15H18N4O2S/c1-9-10(13(20)17-15(2,3)4)6-5-7-11(9)16-14(21)12-8-22-19-18-12/h5-8H,1-4H3,(H,16,21)(H,17,20). The van der Waals surface area contributed by atoms with Gasteiger partial charge in [-0.15, -0.1) is 5.10 Å². The molecule has 1 heterocycles. The molecule has 2 rings (SSSR count). The summed E-state index contributed by atoms with van der Waals surface area (Å²) in [6.45, 7) is 7.55. The molecular weight excluding hydrogens is 300 g/mol. The van der Waals surface area contributed by atoms with Crippen LogP contribution in [0.15, 0.2) is 23.6 Å². The first-order chi connectivity index (χ1) is 10.3. The number of hydrogen-bond acceptors (Lipinski definition) is 5.